The second kappa shape index (κ2) is 5.98. The van der Waals surface area contributed by atoms with Gasteiger partial charge in [0.15, 0.2) is 6.61 Å². The number of halogens is 1. The average molecular weight is 318 g/mol. The van der Waals surface area contributed by atoms with Gasteiger partial charge < -0.3 is 15.2 Å². The number of hydrogen-bond acceptors (Lipinski definition) is 5. The van der Waals surface area contributed by atoms with E-state index in [1.165, 1.54) is 23.5 Å². The van der Waals surface area contributed by atoms with Crippen LogP contribution in [-0.2, 0) is 4.79 Å². The average Bonchev–Trinajstić information content (AvgIpc) is 2.87. The van der Waals surface area contributed by atoms with E-state index in [0.29, 0.717) is 22.2 Å². The third-order valence-electron chi connectivity index (χ3n) is 2.74. The smallest absolute Gasteiger partial charge is 0.279 e. The second-order valence-electron chi connectivity index (χ2n) is 4.42. The first-order chi connectivity index (χ1) is 10.6. The van der Waals surface area contributed by atoms with E-state index >= 15 is 0 Å². The zero-order valence-electron chi connectivity index (χ0n) is 11.3. The summed E-state index contributed by atoms with van der Waals surface area (Å²) in [5, 5.41) is 0.423. The Kier molecular flexibility index (Phi) is 3.88. The lowest BCUT2D eigenvalue weighted by Crippen LogP contribution is -2.19. The van der Waals surface area contributed by atoms with Gasteiger partial charge in [-0.1, -0.05) is 11.3 Å². The van der Waals surface area contributed by atoms with Gasteiger partial charge in [-0.3, -0.25) is 4.79 Å². The van der Waals surface area contributed by atoms with E-state index in [4.69, 9.17) is 15.2 Å². The molecule has 5 nitrogen and oxygen atoms in total. The number of rotatable bonds is 5. The summed E-state index contributed by atoms with van der Waals surface area (Å²) < 4.78 is 24.6. The van der Waals surface area contributed by atoms with Crippen molar-refractivity contribution >= 4 is 27.5 Å². The lowest BCUT2D eigenvalue weighted by Gasteiger charge is -2.05. The summed E-state index contributed by atoms with van der Waals surface area (Å²) in [5.41, 5.74) is 5.68. The first-order valence-corrected chi connectivity index (χ1v) is 7.17. The highest BCUT2D eigenvalue weighted by molar-refractivity contribution is 7.20. The van der Waals surface area contributed by atoms with E-state index in [1.54, 1.807) is 30.3 Å². The normalized spacial score (nSPS) is 10.6. The van der Waals surface area contributed by atoms with Gasteiger partial charge in [-0.15, -0.1) is 0 Å². The number of hydrogen-bond donors (Lipinski definition) is 1. The van der Waals surface area contributed by atoms with E-state index in [1.807, 2.05) is 0 Å². The molecule has 1 aromatic heterocycles. The SMILES string of the molecule is NC(=O)COc1ccc(Oc2nc3ccc(F)cc3s2)cc1. The molecule has 0 saturated carbocycles. The molecule has 2 aromatic carbocycles. The van der Waals surface area contributed by atoms with Crippen LogP contribution in [0.3, 0.4) is 0 Å². The summed E-state index contributed by atoms with van der Waals surface area (Å²) in [6, 6.07) is 11.1. The summed E-state index contributed by atoms with van der Waals surface area (Å²) >= 11 is 1.26. The molecule has 3 aromatic rings. The van der Waals surface area contributed by atoms with Crippen LogP contribution in [0.1, 0.15) is 0 Å². The van der Waals surface area contributed by atoms with E-state index in [0.717, 1.165) is 4.70 Å². The molecule has 0 fully saturated rings. The van der Waals surface area contributed by atoms with E-state index in [9.17, 15) is 9.18 Å². The minimum Gasteiger partial charge on any atom is -0.484 e. The Morgan fingerprint density at radius 3 is 2.64 bits per heavy atom. The highest BCUT2D eigenvalue weighted by Gasteiger charge is 2.07. The van der Waals surface area contributed by atoms with Crippen molar-refractivity contribution in [3.8, 4) is 16.7 Å². The quantitative estimate of drug-likeness (QED) is 0.784. The van der Waals surface area contributed by atoms with Crippen LogP contribution >= 0.6 is 11.3 Å². The van der Waals surface area contributed by atoms with Crippen molar-refractivity contribution in [2.75, 3.05) is 6.61 Å². The van der Waals surface area contributed by atoms with Crippen molar-refractivity contribution in [2.24, 2.45) is 5.73 Å². The van der Waals surface area contributed by atoms with Gasteiger partial charge in [0.1, 0.15) is 17.3 Å². The predicted molar refractivity (Wildman–Crippen MR) is 80.8 cm³/mol. The Bertz CT molecular complexity index is 817. The lowest BCUT2D eigenvalue weighted by atomic mass is 10.3. The number of nitrogens with two attached hydrogens (primary N) is 1. The van der Waals surface area contributed by atoms with Crippen LogP contribution in [0.25, 0.3) is 10.2 Å². The van der Waals surface area contributed by atoms with Crippen LogP contribution in [0.5, 0.6) is 16.7 Å². The Balaban J connectivity index is 1.72. The molecule has 0 aliphatic heterocycles. The van der Waals surface area contributed by atoms with Gasteiger partial charge in [-0.05, 0) is 42.5 Å². The number of aromatic nitrogens is 1. The Morgan fingerprint density at radius 2 is 1.91 bits per heavy atom. The molecular formula is C15H11FN2O3S. The fraction of sp³-hybridized carbons (Fsp3) is 0.0667. The number of fused-ring (bicyclic) bond motifs is 1. The third-order valence-corrected chi connectivity index (χ3v) is 3.64. The molecule has 3 rings (SSSR count). The largest absolute Gasteiger partial charge is 0.484 e. The molecule has 0 bridgehead atoms. The fourth-order valence-corrected chi connectivity index (χ4v) is 2.64. The number of ether oxygens (including phenoxy) is 2. The van der Waals surface area contributed by atoms with E-state index in [-0.39, 0.29) is 12.4 Å². The van der Waals surface area contributed by atoms with Crippen molar-refractivity contribution in [3.05, 3.63) is 48.3 Å². The molecule has 0 saturated heterocycles. The van der Waals surface area contributed by atoms with Gasteiger partial charge in [0.2, 0.25) is 0 Å². The van der Waals surface area contributed by atoms with Crippen molar-refractivity contribution < 1.29 is 18.7 Å². The van der Waals surface area contributed by atoms with Gasteiger partial charge in [-0.2, -0.15) is 0 Å². The number of benzene rings is 2. The van der Waals surface area contributed by atoms with E-state index < -0.39 is 5.91 Å². The molecule has 112 valence electrons. The van der Waals surface area contributed by atoms with Crippen molar-refractivity contribution in [1.82, 2.24) is 4.98 Å². The number of primary amides is 1. The monoisotopic (exact) mass is 318 g/mol. The minimum atomic E-state index is -0.540. The fourth-order valence-electron chi connectivity index (χ4n) is 1.78. The molecule has 0 radical (unpaired) electrons. The molecule has 0 aliphatic carbocycles. The van der Waals surface area contributed by atoms with Gasteiger partial charge in [-0.25, -0.2) is 9.37 Å². The maximum atomic E-state index is 13.1. The maximum absolute atomic E-state index is 13.1. The Morgan fingerprint density at radius 1 is 1.18 bits per heavy atom. The molecule has 1 heterocycles. The van der Waals surface area contributed by atoms with Crippen molar-refractivity contribution in [2.45, 2.75) is 0 Å². The second-order valence-corrected chi connectivity index (χ2v) is 5.41. The van der Waals surface area contributed by atoms with Gasteiger partial charge in [0.25, 0.3) is 11.1 Å². The zero-order chi connectivity index (χ0) is 15.5. The third kappa shape index (κ3) is 3.32. The minimum absolute atomic E-state index is 0.177. The van der Waals surface area contributed by atoms with Crippen LogP contribution in [0, 0.1) is 5.82 Å². The molecule has 7 heteroatoms. The molecule has 22 heavy (non-hydrogen) atoms. The highest BCUT2D eigenvalue weighted by Crippen LogP contribution is 2.32. The first kappa shape index (κ1) is 14.3. The molecule has 0 atom stereocenters. The summed E-state index contributed by atoms with van der Waals surface area (Å²) in [6.45, 7) is -0.177. The highest BCUT2D eigenvalue weighted by atomic mass is 32.1. The standard InChI is InChI=1S/C15H11FN2O3S/c16-9-1-6-12-13(7-9)22-15(18-12)21-11-4-2-10(3-5-11)20-8-14(17)19/h1-7H,8H2,(H2,17,19). The summed E-state index contributed by atoms with van der Waals surface area (Å²) in [5.74, 6) is 0.226. The molecule has 2 N–H and O–H groups in total. The molecule has 0 unspecified atom stereocenters. The topological polar surface area (TPSA) is 74.4 Å². The zero-order valence-corrected chi connectivity index (χ0v) is 12.1. The Hall–Kier alpha value is -2.67. The lowest BCUT2D eigenvalue weighted by molar-refractivity contribution is -0.119. The number of nitrogens with zero attached hydrogens (tertiary/aromatic N) is 1. The molecule has 1 amide bonds. The van der Waals surface area contributed by atoms with Crippen molar-refractivity contribution in [1.29, 1.82) is 0 Å². The predicted octanol–water partition coefficient (Wildman–Crippen LogP) is 3.09. The summed E-state index contributed by atoms with van der Waals surface area (Å²) in [4.78, 5) is 14.9. The van der Waals surface area contributed by atoms with Crippen molar-refractivity contribution in [3.63, 3.8) is 0 Å². The van der Waals surface area contributed by atoms with Crippen LogP contribution in [0.15, 0.2) is 42.5 Å². The molecular weight excluding hydrogens is 307 g/mol. The Labute approximate surface area is 129 Å². The van der Waals surface area contributed by atoms with Crippen LogP contribution in [-0.4, -0.2) is 17.5 Å². The van der Waals surface area contributed by atoms with Gasteiger partial charge >= 0.3 is 0 Å². The number of amides is 1. The molecule has 0 aliphatic rings. The summed E-state index contributed by atoms with van der Waals surface area (Å²) in [6.07, 6.45) is 0. The number of thiazole rings is 1. The van der Waals surface area contributed by atoms with Crippen LogP contribution < -0.4 is 15.2 Å². The number of carbonyl (C=O) groups is 1. The van der Waals surface area contributed by atoms with Gasteiger partial charge in [0, 0.05) is 0 Å². The van der Waals surface area contributed by atoms with Crippen LogP contribution in [0.4, 0.5) is 4.39 Å². The summed E-state index contributed by atoms with van der Waals surface area (Å²) in [7, 11) is 0. The van der Waals surface area contributed by atoms with Gasteiger partial charge in [0.05, 0.1) is 10.2 Å². The maximum Gasteiger partial charge on any atom is 0.279 e. The first-order valence-electron chi connectivity index (χ1n) is 6.35. The van der Waals surface area contributed by atoms with E-state index in [2.05, 4.69) is 4.98 Å². The van der Waals surface area contributed by atoms with Crippen LogP contribution in [0.2, 0.25) is 0 Å². The molecule has 0 spiro atoms. The number of carbonyl (C=O) groups excluding carboxylic acids is 1.